The van der Waals surface area contributed by atoms with Crippen molar-refractivity contribution in [2.24, 2.45) is 5.92 Å². The maximum Gasteiger partial charge on any atom is 0.224 e. The van der Waals surface area contributed by atoms with Gasteiger partial charge in [0.15, 0.2) is 11.9 Å². The number of aryl methyl sites for hydroxylation is 1. The summed E-state index contributed by atoms with van der Waals surface area (Å²) in [5.41, 5.74) is 10.0. The fourth-order valence-corrected chi connectivity index (χ4v) is 8.03. The SMILES string of the molecule is C=C/C=C(\C)C1CCc2ccc3c(oc4cc(F)ccc43)c2-c2cc(-n3c4ccccc4c4ccccc43)cc[n+]2C(=C)CC1N(C)C=C. The fourth-order valence-electron chi connectivity index (χ4n) is 8.03. The van der Waals surface area contributed by atoms with Crippen molar-refractivity contribution in [2.75, 3.05) is 7.05 Å². The van der Waals surface area contributed by atoms with Crippen LogP contribution < -0.4 is 4.57 Å². The van der Waals surface area contributed by atoms with Crippen molar-refractivity contribution in [1.29, 1.82) is 0 Å². The standard InChI is InChI=1S/C44H39FN3O/c1-6-12-28(3)33-20-17-30-18-21-37-36-22-19-31(45)26-42(36)49-44(37)43(30)41-27-32(23-24-47(41)29(4)25-40(33)46(5)7-2)48-38-15-10-8-13-34(38)35-14-9-11-16-39(35)48/h6-16,18-19,21-24,26-27,33,40H,1-2,4,17,20,25H2,3,5H3/q+1/b28-12+. The lowest BCUT2D eigenvalue weighted by molar-refractivity contribution is -0.571. The van der Waals surface area contributed by atoms with E-state index in [0.717, 1.165) is 69.3 Å². The van der Waals surface area contributed by atoms with E-state index in [1.165, 1.54) is 34.0 Å². The first-order chi connectivity index (χ1) is 23.9. The zero-order valence-corrected chi connectivity index (χ0v) is 28.0. The summed E-state index contributed by atoms with van der Waals surface area (Å²) in [7, 11) is 2.10. The predicted octanol–water partition coefficient (Wildman–Crippen LogP) is 10.8. The van der Waals surface area contributed by atoms with Gasteiger partial charge in [0.05, 0.1) is 28.7 Å². The molecule has 0 spiro atoms. The third kappa shape index (κ3) is 5.00. The molecule has 5 heteroatoms. The molecule has 2 atom stereocenters. The van der Waals surface area contributed by atoms with E-state index in [1.54, 1.807) is 0 Å². The number of halogens is 1. The van der Waals surface area contributed by atoms with Gasteiger partial charge in [0.2, 0.25) is 5.69 Å². The number of furan rings is 1. The third-order valence-corrected chi connectivity index (χ3v) is 10.5. The van der Waals surface area contributed by atoms with Crippen LogP contribution in [0.15, 0.2) is 145 Å². The van der Waals surface area contributed by atoms with Gasteiger partial charge in [0.25, 0.3) is 0 Å². The highest BCUT2D eigenvalue weighted by molar-refractivity contribution is 6.11. The lowest BCUT2D eigenvalue weighted by atomic mass is 9.82. The topological polar surface area (TPSA) is 25.2 Å². The van der Waals surface area contributed by atoms with Gasteiger partial charge in [0.1, 0.15) is 17.0 Å². The van der Waals surface area contributed by atoms with E-state index in [4.69, 9.17) is 11.0 Å². The Morgan fingerprint density at radius 2 is 1.63 bits per heavy atom. The average molecular weight is 645 g/mol. The highest BCUT2D eigenvalue weighted by Crippen LogP contribution is 2.41. The molecule has 0 aliphatic carbocycles. The van der Waals surface area contributed by atoms with Crippen LogP contribution in [0.5, 0.6) is 0 Å². The Morgan fingerprint density at radius 1 is 0.918 bits per heavy atom. The van der Waals surface area contributed by atoms with Gasteiger partial charge in [-0.15, -0.1) is 0 Å². The third-order valence-electron chi connectivity index (χ3n) is 10.5. The maximum absolute atomic E-state index is 14.5. The highest BCUT2D eigenvalue weighted by Gasteiger charge is 2.34. The molecule has 0 saturated carbocycles. The highest BCUT2D eigenvalue weighted by atomic mass is 19.1. The van der Waals surface area contributed by atoms with E-state index >= 15 is 0 Å². The molecule has 8 rings (SSSR count). The molecule has 0 N–H and O–H groups in total. The summed E-state index contributed by atoms with van der Waals surface area (Å²) in [6, 6.07) is 30.9. The molecule has 0 fully saturated rings. The van der Waals surface area contributed by atoms with Crippen molar-refractivity contribution in [3.63, 3.8) is 0 Å². The lowest BCUT2D eigenvalue weighted by Crippen LogP contribution is -2.42. The molecule has 4 nitrogen and oxygen atoms in total. The minimum absolute atomic E-state index is 0.137. The second-order valence-corrected chi connectivity index (χ2v) is 13.2. The molecule has 4 aromatic carbocycles. The number of nitrogens with zero attached hydrogens (tertiary/aromatic N) is 3. The Balaban J connectivity index is 1.44. The monoisotopic (exact) mass is 644 g/mol. The van der Waals surface area contributed by atoms with Crippen molar-refractivity contribution < 1.29 is 13.4 Å². The van der Waals surface area contributed by atoms with Gasteiger partial charge in [0, 0.05) is 58.8 Å². The summed E-state index contributed by atoms with van der Waals surface area (Å²) in [6.45, 7) is 15.0. The van der Waals surface area contributed by atoms with Gasteiger partial charge in [-0.2, -0.15) is 4.57 Å². The predicted molar refractivity (Wildman–Crippen MR) is 201 cm³/mol. The Kier molecular flexibility index (Phi) is 7.56. The van der Waals surface area contributed by atoms with Crippen molar-refractivity contribution in [3.05, 3.63) is 152 Å². The van der Waals surface area contributed by atoms with Crippen LogP contribution >= 0.6 is 0 Å². The summed E-state index contributed by atoms with van der Waals surface area (Å²) in [4.78, 5) is 2.22. The Hall–Kier alpha value is -5.68. The minimum Gasteiger partial charge on any atom is -0.455 e. The molecule has 2 unspecified atom stereocenters. The van der Waals surface area contributed by atoms with Crippen LogP contribution in [0.2, 0.25) is 0 Å². The van der Waals surface area contributed by atoms with Gasteiger partial charge in [-0.05, 0) is 62.4 Å². The molecular weight excluding hydrogens is 606 g/mol. The van der Waals surface area contributed by atoms with Crippen LogP contribution in [0.3, 0.4) is 0 Å². The molecule has 7 aromatic rings. The number of hydrogen-bond acceptors (Lipinski definition) is 2. The molecule has 0 amide bonds. The maximum atomic E-state index is 14.5. The van der Waals surface area contributed by atoms with Crippen LogP contribution in [0.4, 0.5) is 4.39 Å². The number of benzene rings is 4. The molecule has 0 saturated heterocycles. The van der Waals surface area contributed by atoms with Gasteiger partial charge in [-0.25, -0.2) is 4.39 Å². The number of para-hydroxylation sites is 2. The average Bonchev–Trinajstić information content (AvgIpc) is 3.65. The Bertz CT molecular complexity index is 2440. The number of allylic oxidation sites excluding steroid dienone is 2. The van der Waals surface area contributed by atoms with E-state index in [0.29, 0.717) is 5.58 Å². The van der Waals surface area contributed by atoms with Gasteiger partial charge in [-0.1, -0.05) is 79.4 Å². The zero-order chi connectivity index (χ0) is 33.8. The zero-order valence-electron chi connectivity index (χ0n) is 28.0. The van der Waals surface area contributed by atoms with Gasteiger partial charge < -0.3 is 13.9 Å². The first-order valence-electron chi connectivity index (χ1n) is 16.9. The van der Waals surface area contributed by atoms with Crippen LogP contribution in [0.1, 0.15) is 25.3 Å². The number of aromatic nitrogens is 2. The van der Waals surface area contributed by atoms with Crippen LogP contribution in [0.25, 0.3) is 66.4 Å². The first kappa shape index (κ1) is 30.6. The molecule has 0 radical (unpaired) electrons. The molecule has 3 aromatic heterocycles. The van der Waals surface area contributed by atoms with Crippen LogP contribution in [0, 0.1) is 11.7 Å². The van der Waals surface area contributed by atoms with E-state index < -0.39 is 0 Å². The first-order valence-corrected chi connectivity index (χ1v) is 16.9. The lowest BCUT2D eigenvalue weighted by Gasteiger charge is -2.35. The summed E-state index contributed by atoms with van der Waals surface area (Å²) in [6.07, 6.45) is 10.5. The summed E-state index contributed by atoms with van der Waals surface area (Å²) in [5, 5.41) is 4.28. The van der Waals surface area contributed by atoms with Gasteiger partial charge in [-0.3, -0.25) is 0 Å². The smallest absolute Gasteiger partial charge is 0.224 e. The van der Waals surface area contributed by atoms with E-state index in [2.05, 4.69) is 126 Å². The summed E-state index contributed by atoms with van der Waals surface area (Å²) in [5.74, 6) is -0.0886. The molecule has 4 heterocycles. The van der Waals surface area contributed by atoms with Crippen molar-refractivity contribution in [3.8, 4) is 16.9 Å². The molecule has 242 valence electrons. The summed E-state index contributed by atoms with van der Waals surface area (Å²) < 4.78 is 25.7. The number of fused-ring (bicyclic) bond motifs is 10. The quantitative estimate of drug-likeness (QED) is 0.138. The van der Waals surface area contributed by atoms with Crippen molar-refractivity contribution >= 4 is 49.4 Å². The Labute approximate surface area is 286 Å². The second-order valence-electron chi connectivity index (χ2n) is 13.2. The summed E-state index contributed by atoms with van der Waals surface area (Å²) >= 11 is 0. The molecule has 1 aliphatic heterocycles. The van der Waals surface area contributed by atoms with Crippen molar-refractivity contribution in [1.82, 2.24) is 9.47 Å². The second kappa shape index (κ2) is 12.1. The minimum atomic E-state index is -0.316. The molecular formula is C44H39FN3O+. The van der Waals surface area contributed by atoms with Crippen molar-refractivity contribution in [2.45, 2.75) is 32.2 Å². The van der Waals surface area contributed by atoms with Gasteiger partial charge >= 0.3 is 0 Å². The van der Waals surface area contributed by atoms with E-state index in [9.17, 15) is 4.39 Å². The Morgan fingerprint density at radius 3 is 2.35 bits per heavy atom. The number of pyridine rings is 1. The van der Waals surface area contributed by atoms with E-state index in [-0.39, 0.29) is 17.8 Å². The fraction of sp³-hybridized carbons (Fsp3) is 0.159. The number of hydrogen-bond donors (Lipinski definition) is 0. The molecule has 49 heavy (non-hydrogen) atoms. The molecule has 1 aliphatic rings. The van der Waals surface area contributed by atoms with Crippen LogP contribution in [-0.4, -0.2) is 22.6 Å². The normalized spacial score (nSPS) is 17.0. The van der Waals surface area contributed by atoms with E-state index in [1.807, 2.05) is 18.3 Å². The van der Waals surface area contributed by atoms with Crippen LogP contribution in [-0.2, 0) is 6.42 Å². The largest absolute Gasteiger partial charge is 0.455 e. The number of rotatable bonds is 5. The molecule has 0 bridgehead atoms.